The van der Waals surface area contributed by atoms with E-state index in [4.69, 9.17) is 0 Å². The van der Waals surface area contributed by atoms with Crippen LogP contribution in [-0.4, -0.2) is 6.54 Å². The molecule has 1 aromatic rings. The zero-order valence-corrected chi connectivity index (χ0v) is 10.4. The Bertz CT molecular complexity index is 409. The molecule has 17 heavy (non-hydrogen) atoms. The number of benzene rings is 1. The molecule has 0 saturated carbocycles. The zero-order valence-electron chi connectivity index (χ0n) is 10.4. The van der Waals surface area contributed by atoms with Crippen LogP contribution < -0.4 is 5.32 Å². The molecule has 0 amide bonds. The standard InChI is InChI=1S/C14H19F2N/c1-3-7-14(8-4-9-17-14)12-11(15)6-5-10(2)13(12)16/h5-6,17H,3-4,7-9H2,1-2H3. The molecule has 1 N–H and O–H groups in total. The van der Waals surface area contributed by atoms with Gasteiger partial charge in [0.15, 0.2) is 0 Å². The normalized spacial score (nSPS) is 24.2. The molecule has 94 valence electrons. The van der Waals surface area contributed by atoms with Gasteiger partial charge in [-0.3, -0.25) is 0 Å². The third kappa shape index (κ3) is 2.08. The average molecular weight is 239 g/mol. The van der Waals surface area contributed by atoms with Gasteiger partial charge in [0.1, 0.15) is 11.6 Å². The van der Waals surface area contributed by atoms with Crippen molar-refractivity contribution in [2.24, 2.45) is 0 Å². The number of halogens is 2. The van der Waals surface area contributed by atoms with Gasteiger partial charge < -0.3 is 5.32 Å². The highest BCUT2D eigenvalue weighted by Gasteiger charge is 2.39. The number of rotatable bonds is 3. The Morgan fingerprint density at radius 2 is 2.12 bits per heavy atom. The van der Waals surface area contributed by atoms with Crippen LogP contribution in [0, 0.1) is 18.6 Å². The van der Waals surface area contributed by atoms with E-state index in [9.17, 15) is 8.78 Å². The van der Waals surface area contributed by atoms with E-state index in [0.29, 0.717) is 5.56 Å². The van der Waals surface area contributed by atoms with E-state index >= 15 is 0 Å². The quantitative estimate of drug-likeness (QED) is 0.849. The summed E-state index contributed by atoms with van der Waals surface area (Å²) in [5.74, 6) is -0.802. The smallest absolute Gasteiger partial charge is 0.134 e. The third-order valence-corrected chi connectivity index (χ3v) is 3.68. The molecule has 0 spiro atoms. The van der Waals surface area contributed by atoms with Gasteiger partial charge in [0.05, 0.1) is 0 Å². The van der Waals surface area contributed by atoms with Gasteiger partial charge in [-0.15, -0.1) is 0 Å². The Labute approximate surface area is 101 Å². The van der Waals surface area contributed by atoms with Crippen molar-refractivity contribution in [1.82, 2.24) is 5.32 Å². The van der Waals surface area contributed by atoms with Crippen LogP contribution in [0.15, 0.2) is 12.1 Å². The average Bonchev–Trinajstić information content (AvgIpc) is 2.74. The Kier molecular flexibility index (Phi) is 3.48. The Morgan fingerprint density at radius 3 is 2.71 bits per heavy atom. The van der Waals surface area contributed by atoms with Crippen molar-refractivity contribution in [3.63, 3.8) is 0 Å². The maximum Gasteiger partial charge on any atom is 0.134 e. The Balaban J connectivity index is 2.53. The van der Waals surface area contributed by atoms with Crippen LogP contribution in [0.3, 0.4) is 0 Å². The second-order valence-corrected chi connectivity index (χ2v) is 4.92. The first-order valence-corrected chi connectivity index (χ1v) is 6.31. The van der Waals surface area contributed by atoms with Crippen LogP contribution in [0.1, 0.15) is 43.7 Å². The van der Waals surface area contributed by atoms with Crippen LogP contribution >= 0.6 is 0 Å². The van der Waals surface area contributed by atoms with Gasteiger partial charge in [-0.1, -0.05) is 19.4 Å². The van der Waals surface area contributed by atoms with Gasteiger partial charge in [0.25, 0.3) is 0 Å². The fourth-order valence-corrected chi connectivity index (χ4v) is 2.88. The highest BCUT2D eigenvalue weighted by atomic mass is 19.1. The highest BCUT2D eigenvalue weighted by molar-refractivity contribution is 5.33. The van der Waals surface area contributed by atoms with Crippen molar-refractivity contribution in [3.8, 4) is 0 Å². The SMILES string of the molecule is CCCC1(c2c(F)ccc(C)c2F)CCCN1. The minimum atomic E-state index is -0.491. The van der Waals surface area contributed by atoms with E-state index in [1.807, 2.05) is 6.92 Å². The first kappa shape index (κ1) is 12.5. The number of hydrogen-bond donors (Lipinski definition) is 1. The van der Waals surface area contributed by atoms with Gasteiger partial charge in [-0.25, -0.2) is 8.78 Å². The maximum absolute atomic E-state index is 14.2. The lowest BCUT2D eigenvalue weighted by molar-refractivity contribution is 0.324. The van der Waals surface area contributed by atoms with Crippen LogP contribution in [0.25, 0.3) is 0 Å². The number of hydrogen-bond acceptors (Lipinski definition) is 1. The predicted octanol–water partition coefficient (Wildman–Crippen LogP) is 3.65. The van der Waals surface area contributed by atoms with Gasteiger partial charge in [-0.2, -0.15) is 0 Å². The molecule has 1 unspecified atom stereocenters. The summed E-state index contributed by atoms with van der Waals surface area (Å²) in [7, 11) is 0. The molecule has 1 aromatic carbocycles. The lowest BCUT2D eigenvalue weighted by Gasteiger charge is -2.31. The molecule has 1 saturated heterocycles. The Morgan fingerprint density at radius 1 is 1.35 bits per heavy atom. The molecular weight excluding hydrogens is 220 g/mol. The van der Waals surface area contributed by atoms with Gasteiger partial charge in [0, 0.05) is 11.1 Å². The summed E-state index contributed by atoms with van der Waals surface area (Å²) in [5.41, 5.74) is 0.275. The van der Waals surface area contributed by atoms with E-state index in [2.05, 4.69) is 5.32 Å². The largest absolute Gasteiger partial charge is 0.307 e. The third-order valence-electron chi connectivity index (χ3n) is 3.68. The van der Waals surface area contributed by atoms with Crippen molar-refractivity contribution >= 4 is 0 Å². The first-order chi connectivity index (χ1) is 8.10. The minimum Gasteiger partial charge on any atom is -0.307 e. The summed E-state index contributed by atoms with van der Waals surface area (Å²) in [6, 6.07) is 2.88. The minimum absolute atomic E-state index is 0.247. The van der Waals surface area contributed by atoms with Crippen LogP contribution in [0.2, 0.25) is 0 Å². The molecule has 0 aromatic heterocycles. The van der Waals surface area contributed by atoms with Crippen LogP contribution in [0.4, 0.5) is 8.78 Å². The highest BCUT2D eigenvalue weighted by Crippen LogP contribution is 2.38. The molecule has 0 radical (unpaired) electrons. The molecule has 2 rings (SSSR count). The van der Waals surface area contributed by atoms with E-state index in [-0.39, 0.29) is 11.4 Å². The van der Waals surface area contributed by atoms with Crippen molar-refractivity contribution in [2.45, 2.75) is 45.1 Å². The van der Waals surface area contributed by atoms with Crippen LogP contribution in [-0.2, 0) is 5.54 Å². The summed E-state index contributed by atoms with van der Waals surface area (Å²) in [5, 5.41) is 3.32. The fraction of sp³-hybridized carbons (Fsp3) is 0.571. The summed E-state index contributed by atoms with van der Waals surface area (Å²) in [6.45, 7) is 4.58. The van der Waals surface area contributed by atoms with E-state index in [0.717, 1.165) is 32.2 Å². The Hall–Kier alpha value is -0.960. The molecule has 3 heteroatoms. The number of aryl methyl sites for hydroxylation is 1. The summed E-state index contributed by atoms with van der Waals surface area (Å²) >= 11 is 0. The van der Waals surface area contributed by atoms with E-state index in [1.165, 1.54) is 12.1 Å². The molecule has 1 fully saturated rings. The molecule has 0 aliphatic carbocycles. The summed E-state index contributed by atoms with van der Waals surface area (Å²) < 4.78 is 28.2. The van der Waals surface area contributed by atoms with Crippen molar-refractivity contribution in [3.05, 3.63) is 34.9 Å². The maximum atomic E-state index is 14.2. The van der Waals surface area contributed by atoms with Crippen molar-refractivity contribution < 1.29 is 8.78 Å². The van der Waals surface area contributed by atoms with Crippen LogP contribution in [0.5, 0.6) is 0 Å². The van der Waals surface area contributed by atoms with Gasteiger partial charge in [0.2, 0.25) is 0 Å². The molecule has 1 atom stereocenters. The second-order valence-electron chi connectivity index (χ2n) is 4.92. The van der Waals surface area contributed by atoms with Crippen molar-refractivity contribution in [1.29, 1.82) is 0 Å². The molecular formula is C14H19F2N. The summed E-state index contributed by atoms with van der Waals surface area (Å²) in [4.78, 5) is 0. The van der Waals surface area contributed by atoms with Crippen molar-refractivity contribution in [2.75, 3.05) is 6.54 Å². The molecule has 0 bridgehead atoms. The molecule has 1 heterocycles. The first-order valence-electron chi connectivity index (χ1n) is 6.31. The van der Waals surface area contributed by atoms with E-state index in [1.54, 1.807) is 6.92 Å². The number of nitrogens with one attached hydrogen (secondary N) is 1. The monoisotopic (exact) mass is 239 g/mol. The summed E-state index contributed by atoms with van der Waals surface area (Å²) in [6.07, 6.45) is 3.50. The van der Waals surface area contributed by atoms with E-state index < -0.39 is 11.4 Å². The molecule has 1 aliphatic rings. The zero-order chi connectivity index (χ0) is 12.5. The molecule has 1 nitrogen and oxygen atoms in total. The lowest BCUT2D eigenvalue weighted by atomic mass is 9.83. The molecule has 1 aliphatic heterocycles. The fourth-order valence-electron chi connectivity index (χ4n) is 2.88. The lowest BCUT2D eigenvalue weighted by Crippen LogP contribution is -2.38. The van der Waals surface area contributed by atoms with Gasteiger partial charge in [-0.05, 0) is 44.4 Å². The second kappa shape index (κ2) is 4.73. The predicted molar refractivity (Wildman–Crippen MR) is 64.9 cm³/mol. The van der Waals surface area contributed by atoms with Gasteiger partial charge >= 0.3 is 0 Å². The topological polar surface area (TPSA) is 12.0 Å².